The highest BCUT2D eigenvalue weighted by Crippen LogP contribution is 2.44. The SMILES string of the molecule is CC1(Cl)C=CC(C2CC3(NC(=S)NC3=O)c3cc(Br)ccc3O2)=CC1. The van der Waals surface area contributed by atoms with Crippen molar-refractivity contribution in [1.29, 1.82) is 0 Å². The van der Waals surface area contributed by atoms with Crippen molar-refractivity contribution in [3.63, 3.8) is 0 Å². The first kappa shape index (κ1) is 17.1. The number of carbonyl (C=O) groups is 1. The van der Waals surface area contributed by atoms with Gasteiger partial charge in [-0.05, 0) is 49.3 Å². The lowest BCUT2D eigenvalue weighted by molar-refractivity contribution is -0.125. The Kier molecular flexibility index (Phi) is 3.98. The van der Waals surface area contributed by atoms with Gasteiger partial charge in [0, 0.05) is 16.5 Å². The first-order valence-corrected chi connectivity index (χ1v) is 9.55. The smallest absolute Gasteiger partial charge is 0.256 e. The molecule has 0 saturated carbocycles. The fourth-order valence-corrected chi connectivity index (χ4v) is 4.26. The van der Waals surface area contributed by atoms with Gasteiger partial charge in [-0.2, -0.15) is 0 Å². The number of thiocarbonyl (C=S) groups is 1. The Labute approximate surface area is 164 Å². The summed E-state index contributed by atoms with van der Waals surface area (Å²) >= 11 is 15.0. The van der Waals surface area contributed by atoms with Crippen LogP contribution in [0.1, 0.15) is 25.3 Å². The van der Waals surface area contributed by atoms with Gasteiger partial charge in [-0.25, -0.2) is 0 Å². The number of amides is 1. The van der Waals surface area contributed by atoms with Crippen molar-refractivity contribution >= 4 is 50.8 Å². The molecule has 0 bridgehead atoms. The van der Waals surface area contributed by atoms with Gasteiger partial charge in [-0.15, -0.1) is 11.6 Å². The number of ether oxygens (including phenoxy) is 1. The Hall–Kier alpha value is -1.37. The fraction of sp³-hybridized carbons (Fsp3) is 0.333. The number of rotatable bonds is 1. The van der Waals surface area contributed by atoms with Crippen molar-refractivity contribution in [2.45, 2.75) is 36.3 Å². The third-order valence-corrected chi connectivity index (χ3v) is 5.81. The number of nitrogens with one attached hydrogen (secondary N) is 2. The summed E-state index contributed by atoms with van der Waals surface area (Å²) in [4.78, 5) is 12.4. The zero-order chi connectivity index (χ0) is 17.8. The Morgan fingerprint density at radius 2 is 2.24 bits per heavy atom. The van der Waals surface area contributed by atoms with Gasteiger partial charge in [0.15, 0.2) is 10.7 Å². The van der Waals surface area contributed by atoms with Crippen LogP contribution in [0.25, 0.3) is 0 Å². The molecule has 2 heterocycles. The lowest BCUT2D eigenvalue weighted by atomic mass is 9.79. The van der Waals surface area contributed by atoms with Gasteiger partial charge in [0.05, 0.1) is 4.87 Å². The minimum Gasteiger partial charge on any atom is -0.485 e. The van der Waals surface area contributed by atoms with Gasteiger partial charge in [0.1, 0.15) is 11.9 Å². The maximum Gasteiger partial charge on any atom is 0.256 e. The third-order valence-electron chi connectivity index (χ3n) is 4.84. The molecule has 1 fully saturated rings. The Bertz CT molecular complexity index is 851. The number of allylic oxidation sites excluding steroid dienone is 2. The number of carbonyl (C=O) groups excluding carboxylic acids is 1. The molecule has 25 heavy (non-hydrogen) atoms. The first-order chi connectivity index (χ1) is 11.8. The molecule has 3 aliphatic rings. The molecule has 2 N–H and O–H groups in total. The third kappa shape index (κ3) is 2.90. The van der Waals surface area contributed by atoms with Crippen LogP contribution in [0.4, 0.5) is 0 Å². The fourth-order valence-electron chi connectivity index (χ4n) is 3.49. The molecule has 0 aromatic heterocycles. The van der Waals surface area contributed by atoms with E-state index in [0.717, 1.165) is 22.0 Å². The largest absolute Gasteiger partial charge is 0.485 e. The molecule has 0 radical (unpaired) electrons. The van der Waals surface area contributed by atoms with E-state index in [1.165, 1.54) is 0 Å². The van der Waals surface area contributed by atoms with Crippen molar-refractivity contribution in [1.82, 2.24) is 10.6 Å². The molecule has 3 unspecified atom stereocenters. The van der Waals surface area contributed by atoms with Crippen LogP contribution in [-0.4, -0.2) is 22.0 Å². The number of alkyl halides is 1. The second kappa shape index (κ2) is 5.83. The van der Waals surface area contributed by atoms with Crippen LogP contribution in [0.15, 0.2) is 46.5 Å². The highest BCUT2D eigenvalue weighted by molar-refractivity contribution is 9.10. The van der Waals surface area contributed by atoms with E-state index in [1.807, 2.05) is 37.3 Å². The van der Waals surface area contributed by atoms with E-state index in [4.69, 9.17) is 28.6 Å². The van der Waals surface area contributed by atoms with Crippen molar-refractivity contribution in [3.05, 3.63) is 52.0 Å². The first-order valence-electron chi connectivity index (χ1n) is 7.98. The molecule has 4 rings (SSSR count). The van der Waals surface area contributed by atoms with Crippen LogP contribution in [0, 0.1) is 0 Å². The maximum absolute atomic E-state index is 12.8. The van der Waals surface area contributed by atoms with Crippen molar-refractivity contribution < 1.29 is 9.53 Å². The molecule has 1 spiro atoms. The van der Waals surface area contributed by atoms with Crippen LogP contribution in [0.5, 0.6) is 5.75 Å². The van der Waals surface area contributed by atoms with Crippen LogP contribution in [-0.2, 0) is 10.3 Å². The quantitative estimate of drug-likeness (QED) is 0.518. The summed E-state index contributed by atoms with van der Waals surface area (Å²) < 4.78 is 7.10. The molecule has 1 saturated heterocycles. The van der Waals surface area contributed by atoms with E-state index < -0.39 is 5.54 Å². The van der Waals surface area contributed by atoms with Gasteiger partial charge in [-0.3, -0.25) is 4.79 Å². The van der Waals surface area contributed by atoms with Crippen LogP contribution < -0.4 is 15.4 Å². The summed E-state index contributed by atoms with van der Waals surface area (Å²) in [6, 6.07) is 5.69. The standard InChI is InChI=1S/C18H16BrClN2O2S/c1-17(20)6-4-10(5-7-17)14-9-18(15(23)21-16(25)22-18)12-8-11(19)2-3-13(12)24-14/h2-6,8,14H,7,9H2,1H3,(H2,21,22,23,25). The molecule has 130 valence electrons. The van der Waals surface area contributed by atoms with E-state index in [9.17, 15) is 4.79 Å². The van der Waals surface area contributed by atoms with E-state index >= 15 is 0 Å². The molecule has 1 aromatic carbocycles. The Morgan fingerprint density at radius 3 is 2.88 bits per heavy atom. The summed E-state index contributed by atoms with van der Waals surface area (Å²) in [6.07, 6.45) is 6.97. The van der Waals surface area contributed by atoms with Crippen LogP contribution in [0.2, 0.25) is 0 Å². The predicted molar refractivity (Wildman–Crippen MR) is 105 cm³/mol. The molecule has 1 aromatic rings. The second-order valence-electron chi connectivity index (χ2n) is 6.78. The van der Waals surface area contributed by atoms with E-state index in [1.54, 1.807) is 0 Å². The maximum atomic E-state index is 12.8. The van der Waals surface area contributed by atoms with Gasteiger partial charge in [-0.1, -0.05) is 34.2 Å². The predicted octanol–water partition coefficient (Wildman–Crippen LogP) is 3.68. The molecule has 1 amide bonds. The van der Waals surface area contributed by atoms with Gasteiger partial charge in [0.25, 0.3) is 5.91 Å². The number of hydrogen-bond acceptors (Lipinski definition) is 3. The van der Waals surface area contributed by atoms with Crippen molar-refractivity contribution in [2.24, 2.45) is 0 Å². The second-order valence-corrected chi connectivity index (χ2v) is 8.97. The number of fused-ring (bicyclic) bond motifs is 2. The average molecular weight is 440 g/mol. The normalized spacial score (nSPS) is 33.4. The minimum absolute atomic E-state index is 0.146. The van der Waals surface area contributed by atoms with E-state index in [-0.39, 0.29) is 16.9 Å². The minimum atomic E-state index is -0.921. The van der Waals surface area contributed by atoms with Gasteiger partial charge >= 0.3 is 0 Å². The zero-order valence-electron chi connectivity index (χ0n) is 13.4. The Morgan fingerprint density at radius 1 is 1.44 bits per heavy atom. The molecule has 4 nitrogen and oxygen atoms in total. The van der Waals surface area contributed by atoms with Crippen molar-refractivity contribution in [2.75, 3.05) is 0 Å². The van der Waals surface area contributed by atoms with E-state index in [2.05, 4.69) is 32.6 Å². The molecular formula is C18H16BrClN2O2S. The molecule has 1 aliphatic carbocycles. The number of hydrogen-bond donors (Lipinski definition) is 2. The highest BCUT2D eigenvalue weighted by Gasteiger charge is 2.52. The van der Waals surface area contributed by atoms with Gasteiger partial charge < -0.3 is 15.4 Å². The lowest BCUT2D eigenvalue weighted by Gasteiger charge is -2.39. The zero-order valence-corrected chi connectivity index (χ0v) is 16.6. The Balaban J connectivity index is 1.77. The van der Waals surface area contributed by atoms with Crippen molar-refractivity contribution in [3.8, 4) is 5.75 Å². The number of halogens is 2. The molecule has 3 atom stereocenters. The molecule has 7 heteroatoms. The summed E-state index contributed by atoms with van der Waals surface area (Å²) in [6.45, 7) is 1.97. The lowest BCUT2D eigenvalue weighted by Crippen LogP contribution is -2.50. The van der Waals surface area contributed by atoms with E-state index in [0.29, 0.717) is 17.3 Å². The van der Waals surface area contributed by atoms with Gasteiger partial charge in [0.2, 0.25) is 0 Å². The monoisotopic (exact) mass is 438 g/mol. The summed E-state index contributed by atoms with van der Waals surface area (Å²) in [5.74, 6) is 0.535. The van der Waals surface area contributed by atoms with Crippen LogP contribution >= 0.6 is 39.7 Å². The summed E-state index contributed by atoms with van der Waals surface area (Å²) in [5, 5.41) is 6.25. The summed E-state index contributed by atoms with van der Waals surface area (Å²) in [7, 11) is 0. The topological polar surface area (TPSA) is 50.4 Å². The highest BCUT2D eigenvalue weighted by atomic mass is 79.9. The summed E-state index contributed by atoms with van der Waals surface area (Å²) in [5.41, 5.74) is 0.895. The average Bonchev–Trinajstić information content (AvgIpc) is 2.82. The molecule has 2 aliphatic heterocycles. The molecular weight excluding hydrogens is 424 g/mol. The number of benzene rings is 1. The van der Waals surface area contributed by atoms with Crippen LogP contribution in [0.3, 0.4) is 0 Å².